The average molecular weight is 543 g/mol. The van der Waals surface area contributed by atoms with E-state index in [0.717, 1.165) is 22.3 Å². The van der Waals surface area contributed by atoms with E-state index < -0.39 is 30.4 Å². The van der Waals surface area contributed by atoms with Crippen LogP contribution < -0.4 is 9.47 Å². The highest BCUT2D eigenvalue weighted by atomic mass is 16.8. The summed E-state index contributed by atoms with van der Waals surface area (Å²) in [5.74, 6) is -0.857. The number of ether oxygens (including phenoxy) is 4. The van der Waals surface area contributed by atoms with Gasteiger partial charge in [-0.1, -0.05) is 115 Å². The van der Waals surface area contributed by atoms with Crippen LogP contribution in [-0.2, 0) is 19.1 Å². The number of benzene rings is 5. The smallest absolute Gasteiger partial charge is 0.344 e. The number of hydrogen-bond donors (Lipinski definition) is 0. The van der Waals surface area contributed by atoms with Crippen LogP contribution >= 0.6 is 0 Å². The van der Waals surface area contributed by atoms with E-state index in [9.17, 15) is 9.59 Å². The Morgan fingerprint density at radius 1 is 0.439 bits per heavy atom. The van der Waals surface area contributed by atoms with E-state index in [4.69, 9.17) is 18.9 Å². The number of carbonyl (C=O) groups excluding carboxylic acids is 2. The van der Waals surface area contributed by atoms with Crippen LogP contribution in [0.4, 0.5) is 0 Å². The lowest BCUT2D eigenvalue weighted by atomic mass is 10.1. The number of hydrogen-bond acceptors (Lipinski definition) is 6. The second-order valence-electron chi connectivity index (χ2n) is 9.48. The summed E-state index contributed by atoms with van der Waals surface area (Å²) >= 11 is 0. The monoisotopic (exact) mass is 542 g/mol. The van der Waals surface area contributed by atoms with Gasteiger partial charge in [-0.05, 0) is 46.5 Å². The Morgan fingerprint density at radius 3 is 1.17 bits per heavy atom. The van der Waals surface area contributed by atoms with Gasteiger partial charge in [-0.15, -0.1) is 0 Å². The minimum absolute atomic E-state index is 0.324. The van der Waals surface area contributed by atoms with Crippen LogP contribution in [0.15, 0.2) is 140 Å². The molecule has 2 atom stereocenters. The molecule has 0 unspecified atom stereocenters. The van der Waals surface area contributed by atoms with Crippen molar-refractivity contribution in [1.82, 2.24) is 0 Å². The van der Waals surface area contributed by atoms with Gasteiger partial charge >= 0.3 is 11.9 Å². The normalized spacial score (nSPS) is 16.7. The predicted molar refractivity (Wildman–Crippen MR) is 154 cm³/mol. The maximum atomic E-state index is 13.3. The van der Waals surface area contributed by atoms with E-state index in [2.05, 4.69) is 0 Å². The Bertz CT molecular complexity index is 1500. The fourth-order valence-electron chi connectivity index (χ4n) is 4.61. The van der Waals surface area contributed by atoms with Crippen LogP contribution in [0, 0.1) is 0 Å². The molecule has 0 N–H and O–H groups in total. The van der Waals surface area contributed by atoms with Gasteiger partial charge in [-0.2, -0.15) is 0 Å². The Kier molecular flexibility index (Phi) is 7.67. The van der Waals surface area contributed by atoms with E-state index in [1.807, 2.05) is 103 Å². The summed E-state index contributed by atoms with van der Waals surface area (Å²) < 4.78 is 23.1. The molecule has 1 heterocycles. The molecule has 0 saturated carbocycles. The van der Waals surface area contributed by atoms with E-state index in [0.29, 0.717) is 17.1 Å². The molecular weight excluding hydrogens is 516 g/mol. The van der Waals surface area contributed by atoms with Gasteiger partial charge in [-0.25, -0.2) is 9.59 Å². The number of rotatable bonds is 7. The first-order valence-electron chi connectivity index (χ1n) is 13.2. The van der Waals surface area contributed by atoms with Gasteiger partial charge in [0.05, 0.1) is 0 Å². The molecule has 6 rings (SSSR count). The third kappa shape index (κ3) is 6.09. The average Bonchev–Trinajstić information content (AvgIpc) is 3.49. The van der Waals surface area contributed by atoms with Crippen molar-refractivity contribution < 1.29 is 28.5 Å². The zero-order chi connectivity index (χ0) is 28.0. The third-order valence-electron chi connectivity index (χ3n) is 6.71. The highest BCUT2D eigenvalue weighted by Crippen LogP contribution is 2.34. The molecule has 0 aliphatic carbocycles. The van der Waals surface area contributed by atoms with Gasteiger partial charge in [-0.3, -0.25) is 0 Å². The van der Waals surface area contributed by atoms with Gasteiger partial charge in [0.2, 0.25) is 0 Å². The summed E-state index contributed by atoms with van der Waals surface area (Å²) in [5, 5.41) is 0. The van der Waals surface area contributed by atoms with Gasteiger partial charge in [0.25, 0.3) is 0 Å². The van der Waals surface area contributed by atoms with Crippen LogP contribution in [0.1, 0.15) is 11.9 Å². The van der Waals surface area contributed by atoms with E-state index in [-0.39, 0.29) is 0 Å². The van der Waals surface area contributed by atoms with Crippen molar-refractivity contribution in [3.63, 3.8) is 0 Å². The second kappa shape index (κ2) is 12.0. The van der Waals surface area contributed by atoms with E-state index in [1.54, 1.807) is 36.4 Å². The Balaban J connectivity index is 1.18. The first kappa shape index (κ1) is 26.2. The zero-order valence-electron chi connectivity index (χ0n) is 22.0. The van der Waals surface area contributed by atoms with Gasteiger partial charge in [0, 0.05) is 5.56 Å². The quantitative estimate of drug-likeness (QED) is 0.163. The van der Waals surface area contributed by atoms with Crippen LogP contribution in [0.2, 0.25) is 0 Å². The third-order valence-corrected chi connectivity index (χ3v) is 6.71. The lowest BCUT2D eigenvalue weighted by molar-refractivity contribution is -0.153. The van der Waals surface area contributed by atoms with Gasteiger partial charge in [0.1, 0.15) is 11.5 Å². The second-order valence-corrected chi connectivity index (χ2v) is 9.48. The van der Waals surface area contributed by atoms with Crippen molar-refractivity contribution in [3.8, 4) is 33.8 Å². The Morgan fingerprint density at radius 2 is 0.780 bits per heavy atom. The van der Waals surface area contributed by atoms with Crippen molar-refractivity contribution in [3.05, 3.63) is 145 Å². The molecule has 202 valence electrons. The number of esters is 2. The fraction of sp³-hybridized carbons (Fsp3) is 0.0857. The Labute approximate surface area is 237 Å². The molecule has 6 heteroatoms. The van der Waals surface area contributed by atoms with Crippen molar-refractivity contribution in [2.75, 3.05) is 0 Å². The van der Waals surface area contributed by atoms with Crippen LogP contribution in [0.3, 0.4) is 0 Å². The van der Waals surface area contributed by atoms with Crippen molar-refractivity contribution >= 4 is 11.9 Å². The lowest BCUT2D eigenvalue weighted by Crippen LogP contribution is -2.41. The summed E-state index contributed by atoms with van der Waals surface area (Å²) in [5.41, 5.74) is 4.72. The Hall–Kier alpha value is -5.04. The lowest BCUT2D eigenvalue weighted by Gasteiger charge is -2.15. The van der Waals surface area contributed by atoms with Crippen molar-refractivity contribution in [1.29, 1.82) is 0 Å². The summed E-state index contributed by atoms with van der Waals surface area (Å²) in [6.45, 7) is 0. The molecular formula is C35H26O6. The van der Waals surface area contributed by atoms with Crippen molar-refractivity contribution in [2.24, 2.45) is 0 Å². The summed E-state index contributed by atoms with van der Waals surface area (Å²) in [4.78, 5) is 26.6. The molecule has 0 spiro atoms. The highest BCUT2D eigenvalue weighted by molar-refractivity contribution is 5.88. The standard InChI is InChI=1S/C35H26O6/c36-33(38-29-20-16-26(17-21-29)24-10-4-1-5-11-24)31-32(41-35(40-31)28-14-8-3-9-15-28)34(37)39-30-22-18-27(19-23-30)25-12-6-2-7-13-25/h1-23,31-32,35H/t31-,32-/m1/s1. The topological polar surface area (TPSA) is 71.1 Å². The van der Waals surface area contributed by atoms with Gasteiger partial charge < -0.3 is 18.9 Å². The zero-order valence-corrected chi connectivity index (χ0v) is 22.0. The highest BCUT2D eigenvalue weighted by Gasteiger charge is 2.48. The molecule has 0 radical (unpaired) electrons. The fourth-order valence-corrected chi connectivity index (χ4v) is 4.61. The summed E-state index contributed by atoms with van der Waals surface area (Å²) in [6, 6.07) is 43.1. The van der Waals surface area contributed by atoms with Crippen LogP contribution in [0.25, 0.3) is 22.3 Å². The first-order chi connectivity index (χ1) is 20.1. The molecule has 1 saturated heterocycles. The predicted octanol–water partition coefficient (Wildman–Crippen LogP) is 7.01. The minimum Gasteiger partial charge on any atom is -0.425 e. The molecule has 5 aromatic rings. The molecule has 0 bridgehead atoms. The minimum atomic E-state index is -1.33. The molecule has 0 aromatic heterocycles. The summed E-state index contributed by atoms with van der Waals surface area (Å²) in [6.07, 6.45) is -3.59. The van der Waals surface area contributed by atoms with Crippen LogP contribution in [-0.4, -0.2) is 24.1 Å². The largest absolute Gasteiger partial charge is 0.425 e. The maximum absolute atomic E-state index is 13.3. The molecule has 0 amide bonds. The molecule has 41 heavy (non-hydrogen) atoms. The maximum Gasteiger partial charge on any atom is 0.344 e. The molecule has 1 aliphatic heterocycles. The molecule has 6 nitrogen and oxygen atoms in total. The molecule has 5 aromatic carbocycles. The van der Waals surface area contributed by atoms with Gasteiger partial charge in [0.15, 0.2) is 18.5 Å². The van der Waals surface area contributed by atoms with Crippen molar-refractivity contribution in [2.45, 2.75) is 18.5 Å². The SMILES string of the molecule is O=C(Oc1ccc(-c2ccccc2)cc1)[C@@H]1OC(c2ccccc2)O[C@H]1C(=O)Oc1ccc(-c2ccccc2)cc1. The first-order valence-corrected chi connectivity index (χ1v) is 13.2. The van der Waals surface area contributed by atoms with E-state index in [1.165, 1.54) is 0 Å². The molecule has 1 fully saturated rings. The number of carbonyl (C=O) groups is 2. The van der Waals surface area contributed by atoms with Crippen LogP contribution in [0.5, 0.6) is 11.5 Å². The summed E-state index contributed by atoms with van der Waals surface area (Å²) in [7, 11) is 0. The van der Waals surface area contributed by atoms with E-state index >= 15 is 0 Å². The molecule has 1 aliphatic rings.